The van der Waals surface area contributed by atoms with Crippen molar-refractivity contribution in [2.24, 2.45) is 11.8 Å². The highest BCUT2D eigenvalue weighted by Gasteiger charge is 2.25. The molecule has 7 heteroatoms. The number of carbonyl (C=O) groups excluding carboxylic acids is 2. The number of nitrogens with one attached hydrogen (secondary N) is 1. The van der Waals surface area contributed by atoms with Gasteiger partial charge in [0.05, 0.1) is 0 Å². The van der Waals surface area contributed by atoms with Crippen LogP contribution in [0.5, 0.6) is 0 Å². The van der Waals surface area contributed by atoms with E-state index in [1.165, 1.54) is 17.8 Å². The number of carbonyl (C=O) groups is 2. The van der Waals surface area contributed by atoms with E-state index in [1.807, 2.05) is 18.7 Å². The van der Waals surface area contributed by atoms with E-state index in [0.717, 1.165) is 18.1 Å². The van der Waals surface area contributed by atoms with E-state index in [1.54, 1.807) is 0 Å². The highest BCUT2D eigenvalue weighted by molar-refractivity contribution is 7.15. The predicted molar refractivity (Wildman–Crippen MR) is 91.4 cm³/mol. The lowest BCUT2D eigenvalue weighted by molar-refractivity contribution is -0.135. The molecule has 2 atom stereocenters. The number of rotatable bonds is 5. The van der Waals surface area contributed by atoms with Crippen LogP contribution in [0.2, 0.25) is 0 Å². The zero-order chi connectivity index (χ0) is 17.0. The predicted octanol–water partition coefficient (Wildman–Crippen LogP) is 2.88. The second kappa shape index (κ2) is 7.86. The van der Waals surface area contributed by atoms with Gasteiger partial charge >= 0.3 is 0 Å². The second-order valence-corrected chi connectivity index (χ2v) is 7.90. The molecule has 0 bridgehead atoms. The number of aromatic nitrogens is 2. The van der Waals surface area contributed by atoms with Gasteiger partial charge in [-0.3, -0.25) is 9.59 Å². The van der Waals surface area contributed by atoms with Crippen molar-refractivity contribution in [1.82, 2.24) is 15.1 Å². The van der Waals surface area contributed by atoms with Crippen molar-refractivity contribution in [3.8, 4) is 0 Å². The molecule has 1 fully saturated rings. The van der Waals surface area contributed by atoms with Crippen LogP contribution in [0.3, 0.4) is 0 Å². The number of amides is 2. The fourth-order valence-electron chi connectivity index (χ4n) is 2.95. The maximum Gasteiger partial charge on any atom is 0.226 e. The number of nitrogens with zero attached hydrogens (tertiary/aromatic N) is 3. The Bertz CT molecular complexity index is 548. The minimum Gasteiger partial charge on any atom is -0.342 e. The summed E-state index contributed by atoms with van der Waals surface area (Å²) in [6.07, 6.45) is 1.61. The Kier molecular flexibility index (Phi) is 6.10. The van der Waals surface area contributed by atoms with Gasteiger partial charge in [0.2, 0.25) is 16.9 Å². The van der Waals surface area contributed by atoms with Gasteiger partial charge in [0.1, 0.15) is 5.01 Å². The molecule has 23 heavy (non-hydrogen) atoms. The van der Waals surface area contributed by atoms with E-state index in [-0.39, 0.29) is 24.7 Å². The minimum absolute atomic E-state index is 0.0682. The molecule has 2 heterocycles. The van der Waals surface area contributed by atoms with Gasteiger partial charge in [-0.15, -0.1) is 10.2 Å². The number of piperidine rings is 1. The molecule has 1 saturated heterocycles. The van der Waals surface area contributed by atoms with E-state index in [4.69, 9.17) is 0 Å². The van der Waals surface area contributed by atoms with E-state index >= 15 is 0 Å². The largest absolute Gasteiger partial charge is 0.342 e. The minimum atomic E-state index is -0.178. The smallest absolute Gasteiger partial charge is 0.226 e. The van der Waals surface area contributed by atoms with Crippen LogP contribution in [0.25, 0.3) is 0 Å². The fraction of sp³-hybridized carbons (Fsp3) is 0.750. The topological polar surface area (TPSA) is 75.2 Å². The maximum absolute atomic E-state index is 12.3. The van der Waals surface area contributed by atoms with Crippen molar-refractivity contribution in [2.45, 2.75) is 52.9 Å². The highest BCUT2D eigenvalue weighted by atomic mass is 32.1. The van der Waals surface area contributed by atoms with Crippen LogP contribution in [-0.2, 0) is 9.59 Å². The summed E-state index contributed by atoms with van der Waals surface area (Å²) >= 11 is 1.38. The summed E-state index contributed by atoms with van der Waals surface area (Å²) in [5.74, 6) is 1.25. The van der Waals surface area contributed by atoms with E-state index in [9.17, 15) is 9.59 Å². The first-order valence-corrected chi connectivity index (χ1v) is 9.07. The Morgan fingerprint density at radius 1 is 1.22 bits per heavy atom. The molecule has 0 radical (unpaired) electrons. The van der Waals surface area contributed by atoms with Gasteiger partial charge in [-0.1, -0.05) is 39.0 Å². The van der Waals surface area contributed by atoms with Crippen LogP contribution in [0.15, 0.2) is 0 Å². The summed E-state index contributed by atoms with van der Waals surface area (Å²) in [5.41, 5.74) is 0. The van der Waals surface area contributed by atoms with Crippen molar-refractivity contribution in [3.05, 3.63) is 5.01 Å². The molecule has 128 valence electrons. The Morgan fingerprint density at radius 2 is 1.87 bits per heavy atom. The summed E-state index contributed by atoms with van der Waals surface area (Å²) < 4.78 is 0. The zero-order valence-electron chi connectivity index (χ0n) is 14.3. The fourth-order valence-corrected chi connectivity index (χ4v) is 3.71. The van der Waals surface area contributed by atoms with Gasteiger partial charge < -0.3 is 10.2 Å². The average Bonchev–Trinajstić information content (AvgIpc) is 2.92. The van der Waals surface area contributed by atoms with Crippen molar-refractivity contribution in [2.75, 3.05) is 18.4 Å². The third kappa shape index (κ3) is 5.27. The maximum atomic E-state index is 12.3. The number of hydrogen-bond acceptors (Lipinski definition) is 5. The molecule has 0 unspecified atom stereocenters. The molecule has 1 N–H and O–H groups in total. The first-order chi connectivity index (χ1) is 10.8. The van der Waals surface area contributed by atoms with E-state index in [0.29, 0.717) is 22.9 Å². The van der Waals surface area contributed by atoms with Gasteiger partial charge in [-0.2, -0.15) is 0 Å². The molecule has 0 saturated carbocycles. The lowest BCUT2D eigenvalue weighted by atomic mass is 9.91. The summed E-state index contributed by atoms with van der Waals surface area (Å²) in [7, 11) is 0. The quantitative estimate of drug-likeness (QED) is 0.896. The standard InChI is InChI=1S/C16H26N4O2S/c1-10(2)15-18-19-16(23-15)17-13(21)5-6-14(22)20-8-11(3)7-12(4)9-20/h10-12H,5-9H2,1-4H3,(H,17,19,21)/t11-,12+. The van der Waals surface area contributed by atoms with Crippen molar-refractivity contribution >= 4 is 28.3 Å². The van der Waals surface area contributed by atoms with Crippen molar-refractivity contribution in [3.63, 3.8) is 0 Å². The molecule has 2 amide bonds. The monoisotopic (exact) mass is 338 g/mol. The molecule has 1 aromatic heterocycles. The van der Waals surface area contributed by atoms with Gasteiger partial charge in [0, 0.05) is 31.8 Å². The molecule has 6 nitrogen and oxygen atoms in total. The van der Waals surface area contributed by atoms with E-state index in [2.05, 4.69) is 29.4 Å². The van der Waals surface area contributed by atoms with Crippen LogP contribution in [-0.4, -0.2) is 40.0 Å². The summed E-state index contributed by atoms with van der Waals surface area (Å²) in [6.45, 7) is 10.0. The summed E-state index contributed by atoms with van der Waals surface area (Å²) in [4.78, 5) is 26.1. The Labute approximate surface area is 141 Å². The number of likely N-dealkylation sites (tertiary alicyclic amines) is 1. The first-order valence-electron chi connectivity index (χ1n) is 8.26. The molecular formula is C16H26N4O2S. The van der Waals surface area contributed by atoms with Gasteiger partial charge in [0.15, 0.2) is 0 Å². The Hall–Kier alpha value is -1.50. The van der Waals surface area contributed by atoms with E-state index < -0.39 is 0 Å². The van der Waals surface area contributed by atoms with Crippen LogP contribution in [0.4, 0.5) is 5.13 Å². The average molecular weight is 338 g/mol. The molecule has 0 spiro atoms. The Morgan fingerprint density at radius 3 is 2.43 bits per heavy atom. The molecule has 2 rings (SSSR count). The number of hydrogen-bond donors (Lipinski definition) is 1. The normalized spacial score (nSPS) is 21.5. The van der Waals surface area contributed by atoms with Gasteiger partial charge in [-0.25, -0.2) is 0 Å². The Balaban J connectivity index is 1.78. The summed E-state index contributed by atoms with van der Waals surface area (Å²) in [5, 5.41) is 12.1. The lowest BCUT2D eigenvalue weighted by Crippen LogP contribution is -2.42. The third-order valence-corrected chi connectivity index (χ3v) is 5.11. The van der Waals surface area contributed by atoms with Crippen LogP contribution < -0.4 is 5.32 Å². The highest BCUT2D eigenvalue weighted by Crippen LogP contribution is 2.23. The van der Waals surface area contributed by atoms with Gasteiger partial charge in [-0.05, 0) is 18.3 Å². The van der Waals surface area contributed by atoms with Gasteiger partial charge in [0.25, 0.3) is 0 Å². The summed E-state index contributed by atoms with van der Waals surface area (Å²) in [6, 6.07) is 0. The third-order valence-electron chi connectivity index (χ3n) is 3.97. The molecule has 0 aliphatic carbocycles. The molecule has 1 aromatic rings. The SMILES string of the molecule is CC(C)c1nnc(NC(=O)CCC(=O)N2C[C@H](C)C[C@H](C)C2)s1. The van der Waals surface area contributed by atoms with Crippen LogP contribution in [0, 0.1) is 11.8 Å². The first kappa shape index (κ1) is 17.8. The van der Waals surface area contributed by atoms with Crippen LogP contribution in [0.1, 0.15) is 57.9 Å². The van der Waals surface area contributed by atoms with Crippen LogP contribution >= 0.6 is 11.3 Å². The zero-order valence-corrected chi connectivity index (χ0v) is 15.2. The lowest BCUT2D eigenvalue weighted by Gasteiger charge is -2.35. The molecule has 1 aliphatic heterocycles. The molecule has 1 aliphatic rings. The molecular weight excluding hydrogens is 312 g/mol. The van der Waals surface area contributed by atoms with Crippen molar-refractivity contribution in [1.29, 1.82) is 0 Å². The number of anilines is 1. The second-order valence-electron chi connectivity index (χ2n) is 6.89. The molecule has 0 aromatic carbocycles. The van der Waals surface area contributed by atoms with Crippen molar-refractivity contribution < 1.29 is 9.59 Å².